The molecule has 0 aliphatic rings. The van der Waals surface area contributed by atoms with Gasteiger partial charge in [0, 0.05) is 5.56 Å². The number of ketones is 1. The molecule has 0 aliphatic carbocycles. The van der Waals surface area contributed by atoms with Gasteiger partial charge in [0.15, 0.2) is 17.3 Å². The highest BCUT2D eigenvalue weighted by atomic mass is 32.2. The number of carbonyl (C=O) groups excluding carboxylic acids is 1. The quantitative estimate of drug-likeness (QED) is 0.413. The fourth-order valence-electron chi connectivity index (χ4n) is 2.48. The predicted molar refractivity (Wildman–Crippen MR) is 101 cm³/mol. The first-order valence-electron chi connectivity index (χ1n) is 8.11. The van der Waals surface area contributed by atoms with Gasteiger partial charge in [-0.1, -0.05) is 23.9 Å². The fourth-order valence-corrected chi connectivity index (χ4v) is 3.13. The molecule has 0 N–H and O–H groups in total. The minimum Gasteiger partial charge on any atom is -0.493 e. The number of rotatable bonds is 8. The summed E-state index contributed by atoms with van der Waals surface area (Å²) in [5.41, 5.74) is 0.591. The van der Waals surface area contributed by atoms with Gasteiger partial charge in [-0.05, 0) is 24.3 Å². The van der Waals surface area contributed by atoms with E-state index in [4.69, 9.17) is 18.6 Å². The lowest BCUT2D eigenvalue weighted by atomic mass is 10.1. The first-order valence-corrected chi connectivity index (χ1v) is 9.10. The molecule has 28 heavy (non-hydrogen) atoms. The standard InChI is InChI=1S/C19H17FN2O5S/c1-24-15-8-11(9-16(25-2)17(15)26-3)18-21-22-19(27-18)28-10-14(23)12-6-4-5-7-13(12)20/h4-9H,10H2,1-3H3. The average molecular weight is 404 g/mol. The first-order chi connectivity index (χ1) is 13.6. The molecule has 9 heteroatoms. The topological polar surface area (TPSA) is 83.7 Å². The minimum absolute atomic E-state index is 0.0272. The Labute approximate surface area is 164 Å². The van der Waals surface area contributed by atoms with Gasteiger partial charge in [0.2, 0.25) is 11.6 Å². The molecule has 0 unspecified atom stereocenters. The molecule has 0 bridgehead atoms. The molecule has 0 aliphatic heterocycles. The van der Waals surface area contributed by atoms with Gasteiger partial charge >= 0.3 is 0 Å². The summed E-state index contributed by atoms with van der Waals surface area (Å²) < 4.78 is 35.2. The Bertz CT molecular complexity index is 967. The molecule has 0 amide bonds. The number of methoxy groups -OCH3 is 3. The van der Waals surface area contributed by atoms with E-state index in [9.17, 15) is 9.18 Å². The molecule has 0 saturated carbocycles. The number of hydrogen-bond acceptors (Lipinski definition) is 8. The van der Waals surface area contributed by atoms with Crippen LogP contribution in [0.25, 0.3) is 11.5 Å². The van der Waals surface area contributed by atoms with Crippen LogP contribution in [0.1, 0.15) is 10.4 Å². The van der Waals surface area contributed by atoms with E-state index >= 15 is 0 Å². The number of nitrogens with zero attached hydrogens (tertiary/aromatic N) is 2. The zero-order valence-electron chi connectivity index (χ0n) is 15.4. The number of aromatic nitrogens is 2. The average Bonchev–Trinajstić information content (AvgIpc) is 3.20. The summed E-state index contributed by atoms with van der Waals surface area (Å²) >= 11 is 1.03. The summed E-state index contributed by atoms with van der Waals surface area (Å²) in [6, 6.07) is 9.17. The second-order valence-electron chi connectivity index (χ2n) is 5.48. The van der Waals surface area contributed by atoms with Crippen LogP contribution in [-0.2, 0) is 0 Å². The van der Waals surface area contributed by atoms with Gasteiger partial charge in [-0.25, -0.2) is 4.39 Å². The highest BCUT2D eigenvalue weighted by Crippen LogP contribution is 2.41. The smallest absolute Gasteiger partial charge is 0.277 e. The van der Waals surface area contributed by atoms with E-state index in [-0.39, 0.29) is 28.2 Å². The number of ether oxygens (including phenoxy) is 3. The molecular formula is C19H17FN2O5S. The molecule has 0 spiro atoms. The summed E-state index contributed by atoms with van der Waals surface area (Å²) in [7, 11) is 4.52. The van der Waals surface area contributed by atoms with Crippen LogP contribution < -0.4 is 14.2 Å². The summed E-state index contributed by atoms with van der Waals surface area (Å²) in [6.07, 6.45) is 0. The molecule has 0 radical (unpaired) electrons. The number of benzene rings is 2. The van der Waals surface area contributed by atoms with Gasteiger partial charge in [-0.3, -0.25) is 4.79 Å². The summed E-state index contributed by atoms with van der Waals surface area (Å²) in [6.45, 7) is 0. The fraction of sp³-hybridized carbons (Fsp3) is 0.211. The lowest BCUT2D eigenvalue weighted by Gasteiger charge is -2.12. The highest BCUT2D eigenvalue weighted by molar-refractivity contribution is 7.99. The van der Waals surface area contributed by atoms with Crippen molar-refractivity contribution in [1.29, 1.82) is 0 Å². The highest BCUT2D eigenvalue weighted by Gasteiger charge is 2.18. The van der Waals surface area contributed by atoms with Crippen LogP contribution in [0.5, 0.6) is 17.2 Å². The van der Waals surface area contributed by atoms with Crippen LogP contribution in [0.4, 0.5) is 4.39 Å². The number of halogens is 1. The summed E-state index contributed by atoms with van der Waals surface area (Å²) in [5.74, 6) is 0.599. The van der Waals surface area contributed by atoms with E-state index in [0.717, 1.165) is 11.8 Å². The van der Waals surface area contributed by atoms with E-state index in [1.165, 1.54) is 39.5 Å². The van der Waals surface area contributed by atoms with Crippen molar-refractivity contribution in [3.63, 3.8) is 0 Å². The zero-order chi connectivity index (χ0) is 20.1. The van der Waals surface area contributed by atoms with Crippen LogP contribution >= 0.6 is 11.8 Å². The molecule has 7 nitrogen and oxygen atoms in total. The van der Waals surface area contributed by atoms with Crippen molar-refractivity contribution in [3.8, 4) is 28.7 Å². The van der Waals surface area contributed by atoms with Crippen molar-refractivity contribution in [2.75, 3.05) is 27.1 Å². The Kier molecular flexibility index (Phi) is 6.15. The van der Waals surface area contributed by atoms with Gasteiger partial charge in [-0.15, -0.1) is 10.2 Å². The monoisotopic (exact) mass is 404 g/mol. The van der Waals surface area contributed by atoms with E-state index in [0.29, 0.717) is 22.8 Å². The normalized spacial score (nSPS) is 10.6. The summed E-state index contributed by atoms with van der Waals surface area (Å²) in [5, 5.41) is 8.10. The van der Waals surface area contributed by atoms with Crippen LogP contribution in [0.2, 0.25) is 0 Å². The lowest BCUT2D eigenvalue weighted by Crippen LogP contribution is -2.04. The van der Waals surface area contributed by atoms with E-state index in [2.05, 4.69) is 10.2 Å². The minimum atomic E-state index is -0.559. The van der Waals surface area contributed by atoms with Gasteiger partial charge in [-0.2, -0.15) is 0 Å². The van der Waals surface area contributed by atoms with Crippen LogP contribution in [0, 0.1) is 5.82 Å². The Balaban J connectivity index is 1.77. The van der Waals surface area contributed by atoms with Crippen molar-refractivity contribution < 1.29 is 27.8 Å². The SMILES string of the molecule is COc1cc(-c2nnc(SCC(=O)c3ccccc3F)o2)cc(OC)c1OC. The van der Waals surface area contributed by atoms with Gasteiger partial charge in [0.25, 0.3) is 5.22 Å². The maximum absolute atomic E-state index is 13.7. The first kappa shape index (κ1) is 19.7. The van der Waals surface area contributed by atoms with Gasteiger partial charge < -0.3 is 18.6 Å². The molecule has 0 atom stereocenters. The molecule has 3 aromatic rings. The number of Topliss-reactive ketones (excluding diaryl/α,β-unsaturated/α-hetero) is 1. The van der Waals surface area contributed by atoms with Gasteiger partial charge in [0.05, 0.1) is 32.6 Å². The van der Waals surface area contributed by atoms with Crippen LogP contribution in [0.15, 0.2) is 46.0 Å². The Hall–Kier alpha value is -3.07. The maximum Gasteiger partial charge on any atom is 0.277 e. The third-order valence-electron chi connectivity index (χ3n) is 3.82. The number of hydrogen-bond donors (Lipinski definition) is 0. The molecule has 3 rings (SSSR count). The van der Waals surface area contributed by atoms with Gasteiger partial charge in [0.1, 0.15) is 5.82 Å². The Morgan fingerprint density at radius 3 is 2.36 bits per heavy atom. The lowest BCUT2D eigenvalue weighted by molar-refractivity contribution is 0.101. The van der Waals surface area contributed by atoms with Crippen molar-refractivity contribution >= 4 is 17.5 Å². The van der Waals surface area contributed by atoms with Crippen LogP contribution in [-0.4, -0.2) is 43.1 Å². The molecule has 0 saturated heterocycles. The van der Waals surface area contributed by atoms with E-state index < -0.39 is 5.82 Å². The van der Waals surface area contributed by atoms with Crippen molar-refractivity contribution in [2.24, 2.45) is 0 Å². The van der Waals surface area contributed by atoms with Crippen molar-refractivity contribution in [3.05, 3.63) is 47.8 Å². The predicted octanol–water partition coefficient (Wildman–Crippen LogP) is 3.88. The third-order valence-corrected chi connectivity index (χ3v) is 4.64. The zero-order valence-corrected chi connectivity index (χ0v) is 16.2. The second kappa shape index (κ2) is 8.75. The summed E-state index contributed by atoms with van der Waals surface area (Å²) in [4.78, 5) is 12.2. The Morgan fingerprint density at radius 1 is 1.07 bits per heavy atom. The number of carbonyl (C=O) groups is 1. The molecule has 0 fully saturated rings. The maximum atomic E-state index is 13.7. The Morgan fingerprint density at radius 2 is 1.75 bits per heavy atom. The molecule has 1 heterocycles. The molecule has 2 aromatic carbocycles. The second-order valence-corrected chi connectivity index (χ2v) is 6.41. The number of thioether (sulfide) groups is 1. The molecule has 146 valence electrons. The third kappa shape index (κ3) is 4.09. The largest absolute Gasteiger partial charge is 0.493 e. The van der Waals surface area contributed by atoms with Crippen molar-refractivity contribution in [2.45, 2.75) is 5.22 Å². The molecular weight excluding hydrogens is 387 g/mol. The van der Waals surface area contributed by atoms with Crippen molar-refractivity contribution in [1.82, 2.24) is 10.2 Å². The van der Waals surface area contributed by atoms with E-state index in [1.807, 2.05) is 0 Å². The molecule has 1 aromatic heterocycles. The van der Waals surface area contributed by atoms with E-state index in [1.54, 1.807) is 18.2 Å². The van der Waals surface area contributed by atoms with Crippen LogP contribution in [0.3, 0.4) is 0 Å².